The van der Waals surface area contributed by atoms with Gasteiger partial charge in [-0.05, 0) is 41.8 Å². The molecule has 0 aliphatic heterocycles. The van der Waals surface area contributed by atoms with E-state index in [0.717, 1.165) is 17.1 Å². The van der Waals surface area contributed by atoms with E-state index >= 15 is 0 Å². The SMILES string of the molecule is COc1ccc(OC)c(Nc2ccnc(Nc3ccc(C(C)C)cc3)n2)c1. The molecule has 0 spiro atoms. The van der Waals surface area contributed by atoms with Gasteiger partial charge < -0.3 is 20.1 Å². The molecule has 2 N–H and O–H groups in total. The zero-order valence-corrected chi connectivity index (χ0v) is 16.0. The number of methoxy groups -OCH3 is 2. The van der Waals surface area contributed by atoms with E-state index in [9.17, 15) is 0 Å². The number of nitrogens with one attached hydrogen (secondary N) is 2. The average Bonchev–Trinajstić information content (AvgIpc) is 2.68. The van der Waals surface area contributed by atoms with Crippen LogP contribution in [0.1, 0.15) is 25.3 Å². The summed E-state index contributed by atoms with van der Waals surface area (Å²) >= 11 is 0. The lowest BCUT2D eigenvalue weighted by Crippen LogP contribution is -2.01. The van der Waals surface area contributed by atoms with Crippen LogP contribution in [0.25, 0.3) is 0 Å². The van der Waals surface area contributed by atoms with Crippen LogP contribution in [-0.2, 0) is 0 Å². The summed E-state index contributed by atoms with van der Waals surface area (Å²) in [5.41, 5.74) is 3.00. The largest absolute Gasteiger partial charge is 0.497 e. The molecule has 0 radical (unpaired) electrons. The third-order valence-corrected chi connectivity index (χ3v) is 4.16. The summed E-state index contributed by atoms with van der Waals surface area (Å²) in [4.78, 5) is 8.81. The Morgan fingerprint density at radius 1 is 0.889 bits per heavy atom. The Balaban J connectivity index is 1.78. The quantitative estimate of drug-likeness (QED) is 0.607. The number of rotatable bonds is 7. The molecule has 0 bridgehead atoms. The summed E-state index contributed by atoms with van der Waals surface area (Å²) in [6, 6.07) is 15.6. The Bertz CT molecular complexity index is 895. The number of nitrogens with zero attached hydrogens (tertiary/aromatic N) is 2. The van der Waals surface area contributed by atoms with Gasteiger partial charge in [-0.15, -0.1) is 0 Å². The van der Waals surface area contributed by atoms with E-state index < -0.39 is 0 Å². The first kappa shape index (κ1) is 18.5. The molecule has 140 valence electrons. The van der Waals surface area contributed by atoms with Crippen molar-refractivity contribution in [2.24, 2.45) is 0 Å². The molecule has 0 fully saturated rings. The topological polar surface area (TPSA) is 68.3 Å². The summed E-state index contributed by atoms with van der Waals surface area (Å²) in [6.45, 7) is 4.35. The monoisotopic (exact) mass is 364 g/mol. The van der Waals surface area contributed by atoms with Crippen molar-refractivity contribution >= 4 is 23.1 Å². The Labute approximate surface area is 159 Å². The smallest absolute Gasteiger partial charge is 0.229 e. The van der Waals surface area contributed by atoms with Crippen molar-refractivity contribution in [1.29, 1.82) is 0 Å². The van der Waals surface area contributed by atoms with Crippen LogP contribution in [0.5, 0.6) is 11.5 Å². The van der Waals surface area contributed by atoms with Crippen molar-refractivity contribution in [1.82, 2.24) is 9.97 Å². The third kappa shape index (κ3) is 4.67. The van der Waals surface area contributed by atoms with Gasteiger partial charge in [0.1, 0.15) is 17.3 Å². The molecule has 2 aromatic carbocycles. The Hall–Kier alpha value is -3.28. The molecule has 3 aromatic rings. The number of ether oxygens (including phenoxy) is 2. The predicted molar refractivity (Wildman–Crippen MR) is 109 cm³/mol. The first-order chi connectivity index (χ1) is 13.1. The normalized spacial score (nSPS) is 10.6. The van der Waals surface area contributed by atoms with Gasteiger partial charge in [-0.1, -0.05) is 26.0 Å². The van der Waals surface area contributed by atoms with Crippen LogP contribution in [0.4, 0.5) is 23.1 Å². The van der Waals surface area contributed by atoms with Gasteiger partial charge in [0.15, 0.2) is 0 Å². The van der Waals surface area contributed by atoms with E-state index in [1.165, 1.54) is 5.56 Å². The molecule has 0 atom stereocenters. The van der Waals surface area contributed by atoms with Crippen molar-refractivity contribution < 1.29 is 9.47 Å². The van der Waals surface area contributed by atoms with Crippen LogP contribution < -0.4 is 20.1 Å². The van der Waals surface area contributed by atoms with Gasteiger partial charge in [-0.3, -0.25) is 0 Å². The minimum absolute atomic E-state index is 0.501. The van der Waals surface area contributed by atoms with Crippen molar-refractivity contribution in [3.8, 4) is 11.5 Å². The first-order valence-electron chi connectivity index (χ1n) is 8.78. The van der Waals surface area contributed by atoms with Gasteiger partial charge in [0.25, 0.3) is 0 Å². The second kappa shape index (κ2) is 8.40. The second-order valence-electron chi connectivity index (χ2n) is 6.36. The number of benzene rings is 2. The summed E-state index contributed by atoms with van der Waals surface area (Å²) in [6.07, 6.45) is 1.70. The van der Waals surface area contributed by atoms with Gasteiger partial charge in [0.05, 0.1) is 19.9 Å². The maximum absolute atomic E-state index is 5.40. The molecule has 1 heterocycles. The fourth-order valence-electron chi connectivity index (χ4n) is 2.62. The van der Waals surface area contributed by atoms with Crippen LogP contribution in [-0.4, -0.2) is 24.2 Å². The van der Waals surface area contributed by atoms with Crippen LogP contribution in [0.3, 0.4) is 0 Å². The number of hydrogen-bond acceptors (Lipinski definition) is 6. The fraction of sp³-hybridized carbons (Fsp3) is 0.238. The van der Waals surface area contributed by atoms with E-state index in [-0.39, 0.29) is 0 Å². The van der Waals surface area contributed by atoms with E-state index in [0.29, 0.717) is 23.4 Å². The van der Waals surface area contributed by atoms with E-state index in [1.54, 1.807) is 26.5 Å². The number of anilines is 4. The zero-order valence-electron chi connectivity index (χ0n) is 16.0. The molecular weight excluding hydrogens is 340 g/mol. The number of aromatic nitrogens is 2. The van der Waals surface area contributed by atoms with E-state index in [2.05, 4.69) is 46.6 Å². The lowest BCUT2D eigenvalue weighted by molar-refractivity contribution is 0.405. The first-order valence-corrected chi connectivity index (χ1v) is 8.78. The zero-order chi connectivity index (χ0) is 19.2. The highest BCUT2D eigenvalue weighted by molar-refractivity contribution is 5.67. The molecule has 27 heavy (non-hydrogen) atoms. The van der Waals surface area contributed by atoms with Crippen molar-refractivity contribution in [3.63, 3.8) is 0 Å². The summed E-state index contributed by atoms with van der Waals surface area (Å²) in [7, 11) is 3.25. The van der Waals surface area contributed by atoms with Crippen LogP contribution in [0.15, 0.2) is 54.7 Å². The van der Waals surface area contributed by atoms with Gasteiger partial charge in [0.2, 0.25) is 5.95 Å². The molecule has 0 unspecified atom stereocenters. The van der Waals surface area contributed by atoms with Gasteiger partial charge in [0, 0.05) is 18.0 Å². The van der Waals surface area contributed by atoms with Gasteiger partial charge in [-0.2, -0.15) is 4.98 Å². The Morgan fingerprint density at radius 3 is 2.33 bits per heavy atom. The molecule has 6 nitrogen and oxygen atoms in total. The molecular formula is C21H24N4O2. The highest BCUT2D eigenvalue weighted by Gasteiger charge is 2.07. The summed E-state index contributed by atoms with van der Waals surface area (Å²) < 4.78 is 10.7. The second-order valence-corrected chi connectivity index (χ2v) is 6.36. The lowest BCUT2D eigenvalue weighted by Gasteiger charge is -2.13. The standard InChI is InChI=1S/C21H24N4O2/c1-14(2)15-5-7-16(8-6-15)23-21-22-12-11-20(25-21)24-18-13-17(26-3)9-10-19(18)27-4/h5-14H,1-4H3,(H2,22,23,24,25). The molecule has 1 aromatic heterocycles. The highest BCUT2D eigenvalue weighted by atomic mass is 16.5. The predicted octanol–water partition coefficient (Wildman–Crippen LogP) is 5.10. The third-order valence-electron chi connectivity index (χ3n) is 4.16. The van der Waals surface area contributed by atoms with Crippen LogP contribution in [0, 0.1) is 0 Å². The Kier molecular flexibility index (Phi) is 5.76. The summed E-state index contributed by atoms with van der Waals surface area (Å²) in [5, 5.41) is 6.48. The summed E-state index contributed by atoms with van der Waals surface area (Å²) in [5.74, 6) is 3.10. The minimum Gasteiger partial charge on any atom is -0.497 e. The fourth-order valence-corrected chi connectivity index (χ4v) is 2.62. The minimum atomic E-state index is 0.501. The maximum atomic E-state index is 5.40. The molecule has 0 saturated heterocycles. The Morgan fingerprint density at radius 2 is 1.67 bits per heavy atom. The molecule has 0 aliphatic rings. The average molecular weight is 364 g/mol. The van der Waals surface area contributed by atoms with E-state index in [4.69, 9.17) is 9.47 Å². The van der Waals surface area contributed by atoms with Crippen molar-refractivity contribution in [3.05, 3.63) is 60.3 Å². The molecule has 0 amide bonds. The van der Waals surface area contributed by atoms with Crippen molar-refractivity contribution in [2.45, 2.75) is 19.8 Å². The molecule has 3 rings (SSSR count). The van der Waals surface area contributed by atoms with Gasteiger partial charge >= 0.3 is 0 Å². The lowest BCUT2D eigenvalue weighted by atomic mass is 10.0. The highest BCUT2D eigenvalue weighted by Crippen LogP contribution is 2.31. The van der Waals surface area contributed by atoms with Crippen LogP contribution >= 0.6 is 0 Å². The number of hydrogen-bond donors (Lipinski definition) is 2. The molecule has 6 heteroatoms. The van der Waals surface area contributed by atoms with Crippen molar-refractivity contribution in [2.75, 3.05) is 24.9 Å². The molecule has 0 saturated carbocycles. The van der Waals surface area contributed by atoms with E-state index in [1.807, 2.05) is 30.3 Å². The maximum Gasteiger partial charge on any atom is 0.229 e. The molecule has 0 aliphatic carbocycles. The van der Waals surface area contributed by atoms with Crippen LogP contribution in [0.2, 0.25) is 0 Å². The van der Waals surface area contributed by atoms with Gasteiger partial charge in [-0.25, -0.2) is 4.98 Å².